The van der Waals surface area contributed by atoms with E-state index in [2.05, 4.69) is 15.9 Å². The highest BCUT2D eigenvalue weighted by molar-refractivity contribution is 9.10. The monoisotopic (exact) mass is 1850 g/mol. The van der Waals surface area contributed by atoms with E-state index in [4.69, 9.17) is 45.8 Å². The van der Waals surface area contributed by atoms with Gasteiger partial charge in [0.2, 0.25) is 49.2 Å². The first-order chi connectivity index (χ1) is 59.1. The van der Waals surface area contributed by atoms with E-state index < -0.39 is 82.2 Å². The van der Waals surface area contributed by atoms with Crippen LogP contribution in [0.15, 0.2) is 330 Å². The third-order valence-corrected chi connectivity index (χ3v) is 29.1. The molecule has 0 unspecified atom stereocenters. The number of halogens is 1. The molecule has 0 saturated carbocycles. The van der Waals surface area contributed by atoms with Crippen LogP contribution in [0.2, 0.25) is 0 Å². The van der Waals surface area contributed by atoms with Crippen LogP contribution in [0.25, 0.3) is 54.8 Å². The van der Waals surface area contributed by atoms with Crippen LogP contribution in [0, 0.1) is 27.7 Å². The van der Waals surface area contributed by atoms with Crippen molar-refractivity contribution >= 4 is 120 Å². The quantitative estimate of drug-likeness (QED) is 0.0678. The molecule has 5 heterocycles. The maximum Gasteiger partial charge on any atom is 0.355 e. The minimum atomic E-state index is -4.00. The highest BCUT2D eigenvalue weighted by atomic mass is 79.9. The summed E-state index contributed by atoms with van der Waals surface area (Å²) in [5.74, 6) is 2.26. The number of ether oxygens (including phenoxy) is 5. The number of benzene rings is 10. The number of para-hydroxylation sites is 5. The Morgan fingerprint density at radius 2 is 0.552 bits per heavy atom. The molecule has 0 N–H and O–H groups in total. The summed E-state index contributed by atoms with van der Waals surface area (Å²) in [6.07, 6.45) is 0. The van der Waals surface area contributed by atoms with Gasteiger partial charge >= 0.3 is 28.1 Å². The van der Waals surface area contributed by atoms with Crippen LogP contribution in [-0.2, 0) is 54.6 Å². The molecule has 0 amide bonds. The van der Waals surface area contributed by atoms with Gasteiger partial charge < -0.3 is 45.8 Å². The fourth-order valence-electron chi connectivity index (χ4n) is 12.7. The molecule has 5 aromatic heterocycles. The molecule has 25 nitrogen and oxygen atoms in total. The van der Waals surface area contributed by atoms with Gasteiger partial charge in [0, 0.05) is 31.4 Å². The molecule has 0 radical (unpaired) electrons. The molecular weight excluding hydrogens is 1770 g/mol. The number of sulfone groups is 5. The Hall–Kier alpha value is -12.5. The van der Waals surface area contributed by atoms with E-state index in [-0.39, 0.29) is 83.3 Å². The first-order valence-electron chi connectivity index (χ1n) is 38.8. The van der Waals surface area contributed by atoms with E-state index in [0.717, 1.165) is 37.9 Å². The van der Waals surface area contributed by atoms with E-state index >= 15 is 0 Å². The highest BCUT2D eigenvalue weighted by Gasteiger charge is 2.31. The molecule has 0 aliphatic heterocycles. The smallest absolute Gasteiger partial charge is 0.355 e. The number of fused-ring (bicyclic) bond motifs is 5. The minimum absolute atomic E-state index is 0.0262. The normalized spacial score (nSPS) is 11.8. The van der Waals surface area contributed by atoms with Crippen molar-refractivity contribution in [2.75, 3.05) is 34.0 Å². The van der Waals surface area contributed by atoms with Gasteiger partial charge in [-0.3, -0.25) is 0 Å². The lowest BCUT2D eigenvalue weighted by Crippen LogP contribution is -2.15. The van der Waals surface area contributed by atoms with Gasteiger partial charge in [0.1, 0.15) is 0 Å². The molecule has 0 spiro atoms. The predicted molar refractivity (Wildman–Crippen MR) is 478 cm³/mol. The SMILES string of the molecule is CCOc1cccc2cc(S(=O)(=O)c3ccc(Br)cc3)c(=O)oc12.CCOc1cccc2cc(S(=O)(=O)c3ccc(C(C)(C)C)cc3)c(=O)oc12.CCOc1cccc2cc(S(=O)(=O)c3ccc(C)c(C)c3)c(=O)oc12.COc1cccc2cc(S(=O)(=O)c3ccc(C(C)C)cc3)c(=O)oc12.COc1cccc2cc(S(=O)(=O)c3ccc(C)c(C)c3)c(=O)oc12. The molecule has 650 valence electrons. The van der Waals surface area contributed by atoms with Crippen molar-refractivity contribution in [3.63, 3.8) is 0 Å². The second-order valence-corrected chi connectivity index (χ2v) is 40.0. The summed E-state index contributed by atoms with van der Waals surface area (Å²) < 4.78 is 182. The third-order valence-electron chi connectivity index (χ3n) is 19.8. The van der Waals surface area contributed by atoms with Crippen LogP contribution < -0.4 is 51.8 Å². The number of aryl methyl sites for hydroxylation is 4. The molecule has 0 fully saturated rings. The van der Waals surface area contributed by atoms with Gasteiger partial charge in [0.25, 0.3) is 0 Å². The number of rotatable bonds is 19. The first kappa shape index (κ1) is 93.2. The Kier molecular flexibility index (Phi) is 28.6. The second-order valence-electron chi connectivity index (χ2n) is 29.5. The Bertz CT molecular complexity index is 7560. The molecule has 0 aliphatic rings. The van der Waals surface area contributed by atoms with E-state index in [0.29, 0.717) is 75.5 Å². The lowest BCUT2D eigenvalue weighted by atomic mass is 9.87. The Labute approximate surface area is 729 Å². The molecule has 15 aromatic rings. The van der Waals surface area contributed by atoms with Crippen molar-refractivity contribution in [3.05, 3.63) is 320 Å². The molecular formula is C94H87BrO25S5. The number of methoxy groups -OCH3 is 2. The average molecular weight is 1860 g/mol. The zero-order valence-electron chi connectivity index (χ0n) is 70.3. The summed E-state index contributed by atoms with van der Waals surface area (Å²) in [5, 5.41) is 2.43. The van der Waals surface area contributed by atoms with E-state index in [1.54, 1.807) is 152 Å². The van der Waals surface area contributed by atoms with E-state index in [1.807, 2.05) is 83.1 Å². The van der Waals surface area contributed by atoms with Crippen molar-refractivity contribution in [2.24, 2.45) is 0 Å². The predicted octanol–water partition coefficient (Wildman–Crippen LogP) is 18.8. The molecule has 15 rings (SSSR count). The molecule has 0 aliphatic carbocycles. The van der Waals surface area contributed by atoms with Gasteiger partial charge in [-0.05, 0) is 227 Å². The number of hydrogen-bond donors (Lipinski definition) is 0. The van der Waals surface area contributed by atoms with Crippen molar-refractivity contribution in [1.82, 2.24) is 0 Å². The molecule has 0 saturated heterocycles. The lowest BCUT2D eigenvalue weighted by Gasteiger charge is -2.19. The maximum absolute atomic E-state index is 13.0. The Morgan fingerprint density at radius 1 is 0.312 bits per heavy atom. The second kappa shape index (κ2) is 38.3. The summed E-state index contributed by atoms with van der Waals surface area (Å²) in [4.78, 5) is 60.0. The molecule has 10 aromatic carbocycles. The summed E-state index contributed by atoms with van der Waals surface area (Å²) in [7, 11) is -17.0. The van der Waals surface area contributed by atoms with Gasteiger partial charge in [-0.15, -0.1) is 0 Å². The Morgan fingerprint density at radius 3 is 0.800 bits per heavy atom. The lowest BCUT2D eigenvalue weighted by molar-refractivity contribution is 0.336. The van der Waals surface area contributed by atoms with Crippen LogP contribution in [-0.4, -0.2) is 76.1 Å². The maximum atomic E-state index is 13.0. The van der Waals surface area contributed by atoms with Gasteiger partial charge in [-0.1, -0.05) is 148 Å². The summed E-state index contributed by atoms with van der Waals surface area (Å²) in [6.45, 7) is 24.3. The van der Waals surface area contributed by atoms with Crippen molar-refractivity contribution in [3.8, 4) is 28.7 Å². The van der Waals surface area contributed by atoms with Crippen LogP contribution in [0.4, 0.5) is 0 Å². The molecule has 0 bridgehead atoms. The number of hydrogen-bond acceptors (Lipinski definition) is 25. The fraction of sp³-hybridized carbons (Fsp3) is 0.202. The molecule has 125 heavy (non-hydrogen) atoms. The van der Waals surface area contributed by atoms with Gasteiger partial charge in [0.15, 0.2) is 81.1 Å². The zero-order valence-corrected chi connectivity index (χ0v) is 75.9. The Balaban J connectivity index is 0.000000152. The average Bonchev–Trinajstić information content (AvgIpc) is 0.780. The van der Waals surface area contributed by atoms with Crippen LogP contribution in [0.3, 0.4) is 0 Å². The zero-order chi connectivity index (χ0) is 91.0. The largest absolute Gasteiger partial charge is 0.493 e. The van der Waals surface area contributed by atoms with Crippen LogP contribution in [0.1, 0.15) is 94.7 Å². The summed E-state index contributed by atoms with van der Waals surface area (Å²) >= 11 is 3.25. The molecule has 31 heteroatoms. The van der Waals surface area contributed by atoms with E-state index in [9.17, 15) is 66.1 Å². The van der Waals surface area contributed by atoms with E-state index in [1.165, 1.54) is 93.1 Å². The van der Waals surface area contributed by atoms with Gasteiger partial charge in [-0.25, -0.2) is 66.1 Å². The van der Waals surface area contributed by atoms with Crippen molar-refractivity contribution < 1.29 is 87.9 Å². The highest BCUT2D eigenvalue weighted by Crippen LogP contribution is 2.36. The third kappa shape index (κ3) is 20.3. The topological polar surface area (TPSA) is 368 Å². The molecule has 0 atom stereocenters. The summed E-state index contributed by atoms with van der Waals surface area (Å²) in [5.41, 5.74) is 2.18. The van der Waals surface area contributed by atoms with Crippen molar-refractivity contribution in [1.29, 1.82) is 0 Å². The summed E-state index contributed by atoms with van der Waals surface area (Å²) in [6, 6.07) is 60.6. The fourth-order valence-corrected chi connectivity index (χ4v) is 19.6. The van der Waals surface area contributed by atoms with Crippen molar-refractivity contribution in [2.45, 2.75) is 143 Å². The van der Waals surface area contributed by atoms with Crippen LogP contribution in [0.5, 0.6) is 28.7 Å². The van der Waals surface area contributed by atoms with Gasteiger partial charge in [-0.2, -0.15) is 0 Å². The first-order valence-corrected chi connectivity index (χ1v) is 47.0. The minimum Gasteiger partial charge on any atom is -0.493 e. The van der Waals surface area contributed by atoms with Crippen LogP contribution >= 0.6 is 15.9 Å². The van der Waals surface area contributed by atoms with Gasteiger partial charge in [0.05, 0.1) is 58.5 Å². The standard InChI is InChI=1S/C21H22O5S.2C19H18O5S.C18H16O5S.C17H13BrO5S/c1-5-25-17-8-6-7-14-13-18(20(22)26-19(14)17)27(23,24)16-11-9-15(10-12-16)21(2,3)4;1-12(2)13-7-9-15(10-8-13)25(21,22)17-11-14-5-4-6-16(23-3)18(14)24-19(17)20;1-4-23-16-7-5-6-14-11-17(19(20)24-18(14)16)25(21,22)15-9-8-12(2)13(3)10-15;1-11-7-8-14(9-12(11)2)24(20,21)16-10-13-5-4-6-15(22-3)17(13)23-18(16)19;1-2-22-14-5-3-4-11-10-15(17(19)23-16(11)14)24(20,21)13-8-6-12(18)7-9-13/h6-13H,5H2,1-4H3;4-12H,1-3H3;5-11H,4H2,1-3H3;4-10H,1-3H3;3-10H,2H2,1H3.